The van der Waals surface area contributed by atoms with Crippen LogP contribution in [0, 0.1) is 24.2 Å². The minimum absolute atomic E-state index is 0.0825. The monoisotopic (exact) mass is 280 g/mol. The fraction of sp³-hybridized carbons (Fsp3) is 0.500. The highest BCUT2D eigenvalue weighted by molar-refractivity contribution is 7.89. The normalized spacial score (nSPS) is 13.6. The molecule has 1 unspecified atom stereocenters. The van der Waals surface area contributed by atoms with E-state index in [1.807, 2.05) is 26.8 Å². The van der Waals surface area contributed by atoms with Gasteiger partial charge >= 0.3 is 0 Å². The summed E-state index contributed by atoms with van der Waals surface area (Å²) in [5.74, 6) is 0.235. The Kier molecular flexibility index (Phi) is 4.72. The second-order valence-electron chi connectivity index (χ2n) is 5.09. The summed E-state index contributed by atoms with van der Waals surface area (Å²) in [5.41, 5.74) is 1.17. The summed E-state index contributed by atoms with van der Waals surface area (Å²) in [7, 11) is -1.92. The van der Waals surface area contributed by atoms with Crippen LogP contribution in [0.15, 0.2) is 23.1 Å². The number of hydrogen-bond donors (Lipinski definition) is 0. The van der Waals surface area contributed by atoms with Crippen molar-refractivity contribution >= 4 is 10.0 Å². The standard InChI is InChI=1S/C14H20N2O2S/c1-10(2)12(4)16(5)19(17,18)14-7-6-13(9-15)11(3)8-14/h6-8,10,12H,1-5H3. The summed E-state index contributed by atoms with van der Waals surface area (Å²) in [6.07, 6.45) is 0. The molecule has 0 spiro atoms. The minimum Gasteiger partial charge on any atom is -0.207 e. The van der Waals surface area contributed by atoms with E-state index in [9.17, 15) is 8.42 Å². The van der Waals surface area contributed by atoms with Gasteiger partial charge in [0.2, 0.25) is 10.0 Å². The van der Waals surface area contributed by atoms with Crippen molar-refractivity contribution in [2.75, 3.05) is 7.05 Å². The van der Waals surface area contributed by atoms with Crippen LogP contribution < -0.4 is 0 Å². The molecule has 0 aromatic heterocycles. The van der Waals surface area contributed by atoms with Gasteiger partial charge in [-0.2, -0.15) is 9.57 Å². The molecule has 0 aliphatic rings. The molecule has 1 rings (SSSR count). The maximum Gasteiger partial charge on any atom is 0.243 e. The van der Waals surface area contributed by atoms with Crippen LogP contribution in [0.2, 0.25) is 0 Å². The SMILES string of the molecule is Cc1cc(S(=O)(=O)N(C)C(C)C(C)C)ccc1C#N. The van der Waals surface area contributed by atoms with Crippen molar-refractivity contribution in [3.8, 4) is 6.07 Å². The minimum atomic E-state index is -3.51. The molecular weight excluding hydrogens is 260 g/mol. The van der Waals surface area contributed by atoms with Gasteiger partial charge in [-0.25, -0.2) is 8.42 Å². The summed E-state index contributed by atoms with van der Waals surface area (Å²) < 4.78 is 26.3. The highest BCUT2D eigenvalue weighted by atomic mass is 32.2. The molecule has 0 bridgehead atoms. The zero-order valence-corrected chi connectivity index (χ0v) is 12.8. The summed E-state index contributed by atoms with van der Waals surface area (Å²) in [6, 6.07) is 6.55. The van der Waals surface area contributed by atoms with Crippen LogP contribution >= 0.6 is 0 Å². The third kappa shape index (κ3) is 3.14. The van der Waals surface area contributed by atoms with E-state index in [0.717, 1.165) is 0 Å². The molecule has 0 saturated carbocycles. The number of sulfonamides is 1. The quantitative estimate of drug-likeness (QED) is 0.851. The first-order valence-corrected chi connectivity index (χ1v) is 7.64. The van der Waals surface area contributed by atoms with Crippen molar-refractivity contribution in [1.29, 1.82) is 5.26 Å². The van der Waals surface area contributed by atoms with Crippen molar-refractivity contribution in [2.45, 2.75) is 38.6 Å². The first-order chi connectivity index (χ1) is 8.71. The number of benzene rings is 1. The Morgan fingerprint density at radius 1 is 1.26 bits per heavy atom. The maximum atomic E-state index is 12.5. The Hall–Kier alpha value is -1.38. The molecule has 1 aromatic rings. The Bertz CT molecular complexity index is 600. The van der Waals surface area contributed by atoms with Gasteiger partial charge in [-0.05, 0) is 43.5 Å². The third-order valence-electron chi connectivity index (χ3n) is 3.53. The van der Waals surface area contributed by atoms with Crippen LogP contribution in [0.25, 0.3) is 0 Å². The van der Waals surface area contributed by atoms with E-state index in [1.165, 1.54) is 10.4 Å². The molecule has 0 N–H and O–H groups in total. The molecular formula is C14H20N2O2S. The number of rotatable bonds is 4. The molecule has 0 aliphatic carbocycles. The molecule has 0 fully saturated rings. The molecule has 5 heteroatoms. The molecule has 0 heterocycles. The van der Waals surface area contributed by atoms with Crippen LogP contribution in [0.1, 0.15) is 31.9 Å². The number of hydrogen-bond acceptors (Lipinski definition) is 3. The van der Waals surface area contributed by atoms with E-state index in [-0.39, 0.29) is 16.9 Å². The van der Waals surface area contributed by atoms with Gasteiger partial charge in [0.15, 0.2) is 0 Å². The zero-order chi connectivity index (χ0) is 14.8. The van der Waals surface area contributed by atoms with Gasteiger partial charge in [-0.3, -0.25) is 0 Å². The van der Waals surface area contributed by atoms with E-state index in [1.54, 1.807) is 26.1 Å². The lowest BCUT2D eigenvalue weighted by atomic mass is 10.1. The predicted molar refractivity (Wildman–Crippen MR) is 75.1 cm³/mol. The van der Waals surface area contributed by atoms with Gasteiger partial charge in [0.25, 0.3) is 0 Å². The first-order valence-electron chi connectivity index (χ1n) is 6.20. The van der Waals surface area contributed by atoms with E-state index in [2.05, 4.69) is 0 Å². The molecule has 0 saturated heterocycles. The van der Waals surface area contributed by atoms with E-state index < -0.39 is 10.0 Å². The molecule has 1 atom stereocenters. The van der Waals surface area contributed by atoms with Crippen LogP contribution in [0.3, 0.4) is 0 Å². The highest BCUT2D eigenvalue weighted by Gasteiger charge is 2.27. The lowest BCUT2D eigenvalue weighted by Crippen LogP contribution is -2.38. The number of nitrogens with zero attached hydrogens (tertiary/aromatic N) is 2. The Morgan fingerprint density at radius 2 is 1.84 bits per heavy atom. The average Bonchev–Trinajstić information content (AvgIpc) is 2.36. The van der Waals surface area contributed by atoms with Crippen molar-refractivity contribution in [2.24, 2.45) is 5.92 Å². The molecule has 0 radical (unpaired) electrons. The van der Waals surface area contributed by atoms with Crippen LogP contribution in [0.5, 0.6) is 0 Å². The fourth-order valence-electron chi connectivity index (χ4n) is 1.73. The lowest BCUT2D eigenvalue weighted by Gasteiger charge is -2.27. The second kappa shape index (κ2) is 5.72. The van der Waals surface area contributed by atoms with E-state index >= 15 is 0 Å². The summed E-state index contributed by atoms with van der Waals surface area (Å²) in [6.45, 7) is 7.60. The predicted octanol–water partition coefficient (Wildman–Crippen LogP) is 2.53. The number of nitriles is 1. The van der Waals surface area contributed by atoms with Gasteiger partial charge in [-0.15, -0.1) is 0 Å². The summed E-state index contributed by atoms with van der Waals surface area (Å²) in [4.78, 5) is 0.235. The fourth-order valence-corrected chi connectivity index (χ4v) is 3.31. The first kappa shape index (κ1) is 15.7. The Labute approximate surface area is 115 Å². The number of aryl methyl sites for hydroxylation is 1. The zero-order valence-electron chi connectivity index (χ0n) is 12.0. The van der Waals surface area contributed by atoms with Crippen molar-refractivity contribution in [1.82, 2.24) is 4.31 Å². The van der Waals surface area contributed by atoms with Gasteiger partial charge < -0.3 is 0 Å². The van der Waals surface area contributed by atoms with E-state index in [0.29, 0.717) is 11.1 Å². The lowest BCUT2D eigenvalue weighted by molar-refractivity contribution is 0.316. The van der Waals surface area contributed by atoms with Crippen LogP contribution in [0.4, 0.5) is 0 Å². The molecule has 104 valence electrons. The van der Waals surface area contributed by atoms with Gasteiger partial charge in [0.1, 0.15) is 0 Å². The summed E-state index contributed by atoms with van der Waals surface area (Å²) in [5, 5.41) is 8.87. The largest absolute Gasteiger partial charge is 0.243 e. The molecule has 1 aromatic carbocycles. The molecule has 4 nitrogen and oxygen atoms in total. The maximum absolute atomic E-state index is 12.5. The van der Waals surface area contributed by atoms with E-state index in [4.69, 9.17) is 5.26 Å². The Balaban J connectivity index is 3.22. The topological polar surface area (TPSA) is 61.2 Å². The van der Waals surface area contributed by atoms with Gasteiger partial charge in [0, 0.05) is 13.1 Å². The smallest absolute Gasteiger partial charge is 0.207 e. The van der Waals surface area contributed by atoms with Crippen molar-refractivity contribution in [3.63, 3.8) is 0 Å². The second-order valence-corrected chi connectivity index (χ2v) is 7.09. The van der Waals surface area contributed by atoms with Crippen LogP contribution in [-0.4, -0.2) is 25.8 Å². The van der Waals surface area contributed by atoms with Gasteiger partial charge in [0.05, 0.1) is 16.5 Å². The van der Waals surface area contributed by atoms with Gasteiger partial charge in [-0.1, -0.05) is 13.8 Å². The average molecular weight is 280 g/mol. The Morgan fingerprint density at radius 3 is 2.26 bits per heavy atom. The molecule has 0 amide bonds. The molecule has 0 aliphatic heterocycles. The van der Waals surface area contributed by atoms with Crippen molar-refractivity contribution in [3.05, 3.63) is 29.3 Å². The molecule has 19 heavy (non-hydrogen) atoms. The highest BCUT2D eigenvalue weighted by Crippen LogP contribution is 2.22. The summed E-state index contributed by atoms with van der Waals surface area (Å²) >= 11 is 0. The third-order valence-corrected chi connectivity index (χ3v) is 5.47. The van der Waals surface area contributed by atoms with Crippen LogP contribution in [-0.2, 0) is 10.0 Å². The van der Waals surface area contributed by atoms with Crippen molar-refractivity contribution < 1.29 is 8.42 Å².